The second-order valence-electron chi connectivity index (χ2n) is 5.37. The molecule has 128 valence electrons. The van der Waals surface area contributed by atoms with Gasteiger partial charge in [-0.25, -0.2) is 4.39 Å². The van der Waals surface area contributed by atoms with E-state index in [4.69, 9.17) is 0 Å². The average molecular weight is 363 g/mol. The number of hydrogen-bond acceptors (Lipinski definition) is 2. The fraction of sp³-hybridized carbons (Fsp3) is 0. The van der Waals surface area contributed by atoms with Gasteiger partial charge in [0.2, 0.25) is 0 Å². The van der Waals surface area contributed by atoms with Gasteiger partial charge in [-0.2, -0.15) is 12.8 Å². The molecule has 3 aromatic rings. The SMILES string of the molecule is O=S(=O)(/N=C/c1cc(F)ccc1C#Cc1ccccc1)c1ccccc1. The summed E-state index contributed by atoms with van der Waals surface area (Å²) >= 11 is 0. The Bertz CT molecular complexity index is 1100. The molecule has 0 aliphatic rings. The van der Waals surface area contributed by atoms with E-state index < -0.39 is 15.8 Å². The van der Waals surface area contributed by atoms with Gasteiger partial charge in [0.05, 0.1) is 4.90 Å². The van der Waals surface area contributed by atoms with Crippen molar-refractivity contribution in [2.75, 3.05) is 0 Å². The van der Waals surface area contributed by atoms with Crippen molar-refractivity contribution in [2.24, 2.45) is 4.40 Å². The van der Waals surface area contributed by atoms with Crippen LogP contribution in [0.4, 0.5) is 4.39 Å². The van der Waals surface area contributed by atoms with Gasteiger partial charge in [-0.15, -0.1) is 0 Å². The average Bonchev–Trinajstić information content (AvgIpc) is 2.67. The minimum atomic E-state index is -3.86. The Labute approximate surface area is 151 Å². The van der Waals surface area contributed by atoms with Crippen molar-refractivity contribution in [3.8, 4) is 11.8 Å². The van der Waals surface area contributed by atoms with Gasteiger partial charge in [0.15, 0.2) is 0 Å². The van der Waals surface area contributed by atoms with Crippen LogP contribution in [0.3, 0.4) is 0 Å². The van der Waals surface area contributed by atoms with Gasteiger partial charge in [-0.05, 0) is 42.5 Å². The van der Waals surface area contributed by atoms with Gasteiger partial charge in [-0.3, -0.25) is 0 Å². The molecule has 0 fully saturated rings. The van der Waals surface area contributed by atoms with Crippen LogP contribution < -0.4 is 0 Å². The standard InChI is InChI=1S/C21H14FNO2S/c22-20-14-13-18(12-11-17-7-3-1-4-8-17)19(15-20)16-23-26(24,25)21-9-5-2-6-10-21/h1-10,13-16H/b23-16+. The number of benzene rings is 3. The molecule has 0 N–H and O–H groups in total. The van der Waals surface area contributed by atoms with Crippen LogP contribution >= 0.6 is 0 Å². The van der Waals surface area contributed by atoms with Crippen LogP contribution in [-0.4, -0.2) is 14.6 Å². The summed E-state index contributed by atoms with van der Waals surface area (Å²) in [5, 5.41) is 0. The molecule has 0 unspecified atom stereocenters. The first-order valence-corrected chi connectivity index (χ1v) is 9.21. The largest absolute Gasteiger partial charge is 0.282 e. The zero-order valence-electron chi connectivity index (χ0n) is 13.6. The zero-order chi connectivity index (χ0) is 18.4. The molecule has 0 saturated carbocycles. The van der Waals surface area contributed by atoms with Crippen molar-refractivity contribution in [1.82, 2.24) is 0 Å². The predicted octanol–water partition coefficient (Wildman–Crippen LogP) is 4.03. The summed E-state index contributed by atoms with van der Waals surface area (Å²) in [4.78, 5) is 0.0737. The van der Waals surface area contributed by atoms with E-state index >= 15 is 0 Å². The monoisotopic (exact) mass is 363 g/mol. The summed E-state index contributed by atoms with van der Waals surface area (Å²) in [5.74, 6) is 5.40. The van der Waals surface area contributed by atoms with Gasteiger partial charge in [0.25, 0.3) is 10.0 Å². The van der Waals surface area contributed by atoms with E-state index in [-0.39, 0.29) is 4.90 Å². The highest BCUT2D eigenvalue weighted by atomic mass is 32.2. The van der Waals surface area contributed by atoms with E-state index in [1.54, 1.807) is 18.2 Å². The van der Waals surface area contributed by atoms with E-state index in [0.29, 0.717) is 11.1 Å². The molecule has 3 aromatic carbocycles. The molecule has 3 nitrogen and oxygen atoms in total. The summed E-state index contributed by atoms with van der Waals surface area (Å²) in [7, 11) is -3.86. The third-order valence-corrected chi connectivity index (χ3v) is 4.75. The Kier molecular flexibility index (Phi) is 5.26. The first-order valence-electron chi connectivity index (χ1n) is 7.77. The van der Waals surface area contributed by atoms with E-state index in [2.05, 4.69) is 16.2 Å². The van der Waals surface area contributed by atoms with Crippen LogP contribution in [-0.2, 0) is 10.0 Å². The van der Waals surface area contributed by atoms with Crippen molar-refractivity contribution < 1.29 is 12.8 Å². The Morgan fingerprint density at radius 2 is 1.50 bits per heavy atom. The number of sulfonamides is 1. The topological polar surface area (TPSA) is 46.5 Å². The molecule has 0 spiro atoms. The molecule has 0 radical (unpaired) electrons. The van der Waals surface area contributed by atoms with Crippen molar-refractivity contribution in [2.45, 2.75) is 4.90 Å². The molecule has 0 aliphatic carbocycles. The molecule has 0 heterocycles. The zero-order valence-corrected chi connectivity index (χ0v) is 14.4. The molecular weight excluding hydrogens is 349 g/mol. The molecule has 0 amide bonds. The predicted molar refractivity (Wildman–Crippen MR) is 100 cm³/mol. The maximum atomic E-state index is 13.6. The highest BCUT2D eigenvalue weighted by Crippen LogP contribution is 2.13. The Hall–Kier alpha value is -3.23. The summed E-state index contributed by atoms with van der Waals surface area (Å²) < 4.78 is 41.8. The lowest BCUT2D eigenvalue weighted by Gasteiger charge is -2.00. The van der Waals surface area contributed by atoms with Crippen LogP contribution in [0.15, 0.2) is 88.2 Å². The van der Waals surface area contributed by atoms with Crippen molar-refractivity contribution in [1.29, 1.82) is 0 Å². The molecule has 0 saturated heterocycles. The molecule has 26 heavy (non-hydrogen) atoms. The first-order chi connectivity index (χ1) is 12.5. The van der Waals surface area contributed by atoms with Gasteiger partial charge < -0.3 is 0 Å². The summed E-state index contributed by atoms with van der Waals surface area (Å²) in [5.41, 5.74) is 1.59. The van der Waals surface area contributed by atoms with Crippen molar-refractivity contribution in [3.63, 3.8) is 0 Å². The maximum Gasteiger partial charge on any atom is 0.282 e. The summed E-state index contributed by atoms with van der Waals surface area (Å²) in [6.07, 6.45) is 1.13. The fourth-order valence-corrected chi connectivity index (χ4v) is 3.07. The Balaban J connectivity index is 1.96. The quantitative estimate of drug-likeness (QED) is 0.521. The van der Waals surface area contributed by atoms with Crippen molar-refractivity contribution >= 4 is 16.2 Å². The highest BCUT2D eigenvalue weighted by molar-refractivity contribution is 7.90. The van der Waals surface area contributed by atoms with E-state index in [9.17, 15) is 12.8 Å². The lowest BCUT2D eigenvalue weighted by atomic mass is 10.1. The Morgan fingerprint density at radius 3 is 2.19 bits per heavy atom. The molecule has 0 bridgehead atoms. The number of halogens is 1. The number of hydrogen-bond donors (Lipinski definition) is 0. The van der Waals surface area contributed by atoms with Crippen LogP contribution in [0.1, 0.15) is 16.7 Å². The lowest BCUT2D eigenvalue weighted by molar-refractivity contribution is 0.598. The second kappa shape index (κ2) is 7.77. The molecule has 0 aromatic heterocycles. The maximum absolute atomic E-state index is 13.6. The van der Waals surface area contributed by atoms with Gasteiger partial charge in [0.1, 0.15) is 5.82 Å². The summed E-state index contributed by atoms with van der Waals surface area (Å²) in [6.45, 7) is 0. The highest BCUT2D eigenvalue weighted by Gasteiger charge is 2.11. The van der Waals surface area contributed by atoms with Crippen LogP contribution in [0.2, 0.25) is 0 Å². The van der Waals surface area contributed by atoms with Crippen LogP contribution in [0.25, 0.3) is 0 Å². The minimum Gasteiger partial charge on any atom is -0.207 e. The third kappa shape index (κ3) is 4.44. The molecular formula is C21H14FNO2S. The molecule has 0 atom stereocenters. The Morgan fingerprint density at radius 1 is 0.846 bits per heavy atom. The van der Waals surface area contributed by atoms with Gasteiger partial charge in [-0.1, -0.05) is 48.2 Å². The minimum absolute atomic E-state index is 0.0737. The normalized spacial score (nSPS) is 11.1. The lowest BCUT2D eigenvalue weighted by Crippen LogP contribution is -1.98. The van der Waals surface area contributed by atoms with Gasteiger partial charge in [0, 0.05) is 22.9 Å². The van der Waals surface area contributed by atoms with Crippen LogP contribution in [0.5, 0.6) is 0 Å². The second-order valence-corrected chi connectivity index (χ2v) is 7.00. The number of nitrogens with zero attached hydrogens (tertiary/aromatic N) is 1. The summed E-state index contributed by atoms with van der Waals surface area (Å²) in [6, 6.07) is 21.1. The molecule has 5 heteroatoms. The number of rotatable bonds is 3. The van der Waals surface area contributed by atoms with Gasteiger partial charge >= 0.3 is 0 Å². The van der Waals surface area contributed by atoms with E-state index in [1.807, 2.05) is 30.3 Å². The van der Waals surface area contributed by atoms with E-state index in [0.717, 1.165) is 11.8 Å². The third-order valence-electron chi connectivity index (χ3n) is 3.50. The first kappa shape index (κ1) is 17.6. The van der Waals surface area contributed by atoms with E-state index in [1.165, 1.54) is 30.3 Å². The smallest absolute Gasteiger partial charge is 0.207 e. The molecule has 3 rings (SSSR count). The molecule has 0 aliphatic heterocycles. The van der Waals surface area contributed by atoms with Crippen LogP contribution in [0, 0.1) is 17.7 Å². The fourth-order valence-electron chi connectivity index (χ4n) is 2.19. The van der Waals surface area contributed by atoms with Crippen molar-refractivity contribution in [3.05, 3.63) is 101 Å².